The number of carbonyl (C=O) groups excluding carboxylic acids is 1. The van der Waals surface area contributed by atoms with Gasteiger partial charge in [-0.3, -0.25) is 4.79 Å². The molecule has 0 saturated heterocycles. The van der Waals surface area contributed by atoms with Crippen LogP contribution in [0.4, 0.5) is 10.8 Å². The lowest BCUT2D eigenvalue weighted by Crippen LogP contribution is -2.12. The van der Waals surface area contributed by atoms with Crippen molar-refractivity contribution in [2.45, 2.75) is 0 Å². The second-order valence-corrected chi connectivity index (χ2v) is 5.78. The lowest BCUT2D eigenvalue weighted by molar-refractivity contribution is 0.103. The number of ether oxygens (including phenoxy) is 1. The molecule has 23 heavy (non-hydrogen) atoms. The molecule has 0 radical (unpaired) electrons. The maximum Gasteiger partial charge on any atom is 0.268 e. The average Bonchev–Trinajstić information content (AvgIpc) is 2.98. The fourth-order valence-electron chi connectivity index (χ4n) is 2.21. The van der Waals surface area contributed by atoms with E-state index in [4.69, 9.17) is 10.5 Å². The van der Waals surface area contributed by atoms with Crippen LogP contribution in [-0.2, 0) is 0 Å². The van der Waals surface area contributed by atoms with Crippen LogP contribution in [0.1, 0.15) is 9.67 Å². The second kappa shape index (κ2) is 6.50. The first-order valence-corrected chi connectivity index (χ1v) is 7.77. The molecule has 0 atom stereocenters. The van der Waals surface area contributed by atoms with Crippen molar-refractivity contribution in [3.05, 3.63) is 59.5 Å². The van der Waals surface area contributed by atoms with Crippen LogP contribution in [0, 0.1) is 0 Å². The Labute approximate surface area is 137 Å². The van der Waals surface area contributed by atoms with Gasteiger partial charge in [0.2, 0.25) is 0 Å². The Morgan fingerprint density at radius 3 is 2.57 bits per heavy atom. The highest BCUT2D eigenvalue weighted by molar-refractivity contribution is 7.17. The number of hydrogen-bond acceptors (Lipinski definition) is 5. The van der Waals surface area contributed by atoms with E-state index in [-0.39, 0.29) is 5.91 Å². The van der Waals surface area contributed by atoms with E-state index in [9.17, 15) is 4.79 Å². The standard InChI is InChI=1S/C17H15N3O2S/c1-22-13-10-6-5-9-12(13)19-16(21)15-14(20-17(18)23-15)11-7-3-2-4-8-11/h2-10H,1H3,(H2,18,20)(H,19,21). The molecule has 116 valence electrons. The Kier molecular flexibility index (Phi) is 4.25. The third-order valence-electron chi connectivity index (χ3n) is 3.25. The molecule has 0 bridgehead atoms. The van der Waals surface area contributed by atoms with Gasteiger partial charge >= 0.3 is 0 Å². The summed E-state index contributed by atoms with van der Waals surface area (Å²) in [4.78, 5) is 17.4. The van der Waals surface area contributed by atoms with Gasteiger partial charge in [0.1, 0.15) is 10.6 Å². The summed E-state index contributed by atoms with van der Waals surface area (Å²) in [5, 5.41) is 3.21. The molecule has 1 amide bonds. The van der Waals surface area contributed by atoms with Crippen molar-refractivity contribution in [1.29, 1.82) is 0 Å². The Hall–Kier alpha value is -2.86. The molecule has 1 heterocycles. The number of carbonyl (C=O) groups is 1. The number of hydrogen-bond donors (Lipinski definition) is 2. The molecule has 1 aromatic heterocycles. The first-order chi connectivity index (χ1) is 11.2. The van der Waals surface area contributed by atoms with E-state index >= 15 is 0 Å². The van der Waals surface area contributed by atoms with E-state index < -0.39 is 0 Å². The van der Waals surface area contributed by atoms with Gasteiger partial charge in [-0.25, -0.2) is 4.98 Å². The van der Waals surface area contributed by atoms with Crippen LogP contribution in [0.15, 0.2) is 54.6 Å². The molecule has 0 spiro atoms. The fraction of sp³-hybridized carbons (Fsp3) is 0.0588. The molecule has 5 nitrogen and oxygen atoms in total. The molecule has 0 aliphatic heterocycles. The van der Waals surface area contributed by atoms with Crippen LogP contribution in [0.2, 0.25) is 0 Å². The molecule has 0 aliphatic carbocycles. The predicted molar refractivity (Wildman–Crippen MR) is 92.9 cm³/mol. The number of amides is 1. The van der Waals surface area contributed by atoms with Gasteiger partial charge in [-0.15, -0.1) is 0 Å². The number of anilines is 2. The van der Waals surface area contributed by atoms with Crippen molar-refractivity contribution in [2.24, 2.45) is 0 Å². The van der Waals surface area contributed by atoms with Crippen molar-refractivity contribution in [3.8, 4) is 17.0 Å². The molecule has 2 aromatic carbocycles. The Bertz CT molecular complexity index is 831. The van der Waals surface area contributed by atoms with E-state index in [2.05, 4.69) is 10.3 Å². The smallest absolute Gasteiger partial charge is 0.268 e. The normalized spacial score (nSPS) is 10.3. The number of benzene rings is 2. The lowest BCUT2D eigenvalue weighted by Gasteiger charge is -2.09. The number of nitrogens with two attached hydrogens (primary N) is 1. The Morgan fingerprint density at radius 2 is 1.83 bits per heavy atom. The third kappa shape index (κ3) is 3.17. The molecule has 0 aliphatic rings. The molecule has 3 N–H and O–H groups in total. The Balaban J connectivity index is 1.94. The summed E-state index contributed by atoms with van der Waals surface area (Å²) in [5.41, 5.74) is 7.85. The summed E-state index contributed by atoms with van der Waals surface area (Å²) in [6, 6.07) is 16.7. The van der Waals surface area contributed by atoms with E-state index in [0.29, 0.717) is 27.1 Å². The number of para-hydroxylation sites is 2. The van der Waals surface area contributed by atoms with Crippen LogP contribution in [-0.4, -0.2) is 18.0 Å². The van der Waals surface area contributed by atoms with E-state index in [1.54, 1.807) is 19.2 Å². The van der Waals surface area contributed by atoms with Crippen LogP contribution in [0.25, 0.3) is 11.3 Å². The van der Waals surface area contributed by atoms with Gasteiger partial charge in [-0.2, -0.15) is 0 Å². The van der Waals surface area contributed by atoms with Crippen molar-refractivity contribution >= 4 is 28.1 Å². The first kappa shape index (κ1) is 15.1. The zero-order valence-corrected chi connectivity index (χ0v) is 13.3. The highest BCUT2D eigenvalue weighted by atomic mass is 32.1. The summed E-state index contributed by atoms with van der Waals surface area (Å²) in [6.45, 7) is 0. The summed E-state index contributed by atoms with van der Waals surface area (Å²) >= 11 is 1.16. The van der Waals surface area contributed by atoms with Crippen molar-refractivity contribution in [3.63, 3.8) is 0 Å². The number of aromatic nitrogens is 1. The molecule has 0 fully saturated rings. The van der Waals surface area contributed by atoms with Crippen LogP contribution >= 0.6 is 11.3 Å². The number of nitrogens with one attached hydrogen (secondary N) is 1. The topological polar surface area (TPSA) is 77.2 Å². The molecule has 0 saturated carbocycles. The number of methoxy groups -OCH3 is 1. The van der Waals surface area contributed by atoms with Crippen LogP contribution in [0.5, 0.6) is 5.75 Å². The van der Waals surface area contributed by atoms with Crippen molar-refractivity contribution in [1.82, 2.24) is 4.98 Å². The summed E-state index contributed by atoms with van der Waals surface area (Å²) in [7, 11) is 1.56. The van der Waals surface area contributed by atoms with E-state index in [1.165, 1.54) is 0 Å². The number of nitrogen functional groups attached to an aromatic ring is 1. The van der Waals surface area contributed by atoms with E-state index in [1.807, 2.05) is 42.5 Å². The highest BCUT2D eigenvalue weighted by Crippen LogP contribution is 2.31. The van der Waals surface area contributed by atoms with Gasteiger partial charge in [0, 0.05) is 5.56 Å². The van der Waals surface area contributed by atoms with Gasteiger partial charge in [-0.1, -0.05) is 53.8 Å². The van der Waals surface area contributed by atoms with Crippen LogP contribution in [0.3, 0.4) is 0 Å². The predicted octanol–water partition coefficient (Wildman–Crippen LogP) is 3.65. The zero-order valence-electron chi connectivity index (χ0n) is 12.4. The molecular weight excluding hydrogens is 310 g/mol. The minimum absolute atomic E-state index is 0.262. The minimum atomic E-state index is -0.262. The molecule has 3 aromatic rings. The summed E-state index contributed by atoms with van der Waals surface area (Å²) < 4.78 is 5.25. The molecule has 0 unspecified atom stereocenters. The quantitative estimate of drug-likeness (QED) is 0.767. The highest BCUT2D eigenvalue weighted by Gasteiger charge is 2.19. The summed E-state index contributed by atoms with van der Waals surface area (Å²) in [5.74, 6) is 0.335. The van der Waals surface area contributed by atoms with Crippen molar-refractivity contribution in [2.75, 3.05) is 18.2 Å². The monoisotopic (exact) mass is 325 g/mol. The molecule has 6 heteroatoms. The zero-order chi connectivity index (χ0) is 16.2. The second-order valence-electron chi connectivity index (χ2n) is 4.75. The fourth-order valence-corrected chi connectivity index (χ4v) is 2.96. The number of nitrogens with zero attached hydrogens (tertiary/aromatic N) is 1. The number of rotatable bonds is 4. The van der Waals surface area contributed by atoms with E-state index in [0.717, 1.165) is 16.9 Å². The van der Waals surface area contributed by atoms with Gasteiger partial charge < -0.3 is 15.8 Å². The van der Waals surface area contributed by atoms with Crippen molar-refractivity contribution < 1.29 is 9.53 Å². The van der Waals surface area contributed by atoms with Gasteiger partial charge in [0.05, 0.1) is 18.5 Å². The minimum Gasteiger partial charge on any atom is -0.495 e. The maximum absolute atomic E-state index is 12.6. The first-order valence-electron chi connectivity index (χ1n) is 6.95. The Morgan fingerprint density at radius 1 is 1.13 bits per heavy atom. The third-order valence-corrected chi connectivity index (χ3v) is 4.14. The largest absolute Gasteiger partial charge is 0.495 e. The number of thiazole rings is 1. The van der Waals surface area contributed by atoms with Gasteiger partial charge in [0.15, 0.2) is 5.13 Å². The summed E-state index contributed by atoms with van der Waals surface area (Å²) in [6.07, 6.45) is 0. The SMILES string of the molecule is COc1ccccc1NC(=O)c1sc(N)nc1-c1ccccc1. The lowest BCUT2D eigenvalue weighted by atomic mass is 10.1. The molecule has 3 rings (SSSR count). The van der Waals surface area contributed by atoms with Gasteiger partial charge in [-0.05, 0) is 12.1 Å². The molecular formula is C17H15N3O2S. The van der Waals surface area contributed by atoms with Gasteiger partial charge in [0.25, 0.3) is 5.91 Å². The van der Waals surface area contributed by atoms with Crippen LogP contribution < -0.4 is 15.8 Å². The average molecular weight is 325 g/mol. The maximum atomic E-state index is 12.6.